The second kappa shape index (κ2) is 15.0. The Labute approximate surface area is 258 Å². The minimum absolute atomic E-state index is 0. The maximum absolute atomic E-state index is 5.13. The van der Waals surface area contributed by atoms with E-state index in [0.29, 0.717) is 12.0 Å². The van der Waals surface area contributed by atoms with Crippen LogP contribution in [0.25, 0.3) is 11.4 Å². The normalized spacial score (nSPS) is 14.8. The van der Waals surface area contributed by atoms with Crippen molar-refractivity contribution in [3.63, 3.8) is 0 Å². The van der Waals surface area contributed by atoms with Gasteiger partial charge in [0.05, 0.1) is 17.8 Å². The quantitative estimate of drug-likeness (QED) is 0.231. The first kappa shape index (κ1) is 33.9. The number of hydrogen-bond donors (Lipinski definition) is 1. The number of imidazole rings is 1. The van der Waals surface area contributed by atoms with Crippen molar-refractivity contribution in [1.82, 2.24) is 19.8 Å². The average Bonchev–Trinajstić information content (AvgIpc) is 3.29. The number of aryl methyl sites for hydroxylation is 3. The number of hydrogen-bond acceptors (Lipinski definition) is 3. The zero-order valence-corrected chi connectivity index (χ0v) is 26.6. The van der Waals surface area contributed by atoms with E-state index in [2.05, 4.69) is 128 Å². The largest absolute Gasteiger partial charge is 0.342 e. The van der Waals surface area contributed by atoms with Crippen molar-refractivity contribution in [2.45, 2.75) is 46.7 Å². The lowest BCUT2D eigenvalue weighted by atomic mass is 9.94. The lowest BCUT2D eigenvalue weighted by molar-refractivity contribution is 0.0599. The second-order valence-corrected chi connectivity index (χ2v) is 10.9. The van der Waals surface area contributed by atoms with Crippen LogP contribution in [0, 0.1) is 26.7 Å². The number of nitrogens with one attached hydrogen (secondary N) is 1. The summed E-state index contributed by atoms with van der Waals surface area (Å²) in [7, 11) is 0. The van der Waals surface area contributed by atoms with Gasteiger partial charge in [-0.1, -0.05) is 104 Å². The molecule has 3 aromatic carbocycles. The number of aromatic nitrogens is 2. The molecule has 4 aromatic rings. The van der Waals surface area contributed by atoms with E-state index in [1.807, 2.05) is 0 Å². The Kier molecular flexibility index (Phi) is 12.7. The number of piperazine rings is 1. The summed E-state index contributed by atoms with van der Waals surface area (Å²) in [6.07, 6.45) is 0. The maximum Gasteiger partial charge on any atom is 0.137 e. The molecule has 1 atom stereocenters. The van der Waals surface area contributed by atoms with Gasteiger partial charge in [-0.05, 0) is 37.8 Å². The molecule has 1 aliphatic heterocycles. The van der Waals surface area contributed by atoms with Crippen LogP contribution in [-0.2, 0) is 0 Å². The molecule has 5 rings (SSSR count). The van der Waals surface area contributed by atoms with E-state index >= 15 is 0 Å². The summed E-state index contributed by atoms with van der Waals surface area (Å²) in [5.41, 5.74) is 8.87. The highest BCUT2D eigenvalue weighted by atomic mass is 35.5. The van der Waals surface area contributed by atoms with Gasteiger partial charge in [-0.2, -0.15) is 0 Å². The van der Waals surface area contributed by atoms with E-state index < -0.39 is 0 Å². The fourth-order valence-electron chi connectivity index (χ4n) is 5.79. The molecule has 2 heterocycles. The Balaban J connectivity index is 0.00000187. The summed E-state index contributed by atoms with van der Waals surface area (Å²) in [5.74, 6) is 1.44. The van der Waals surface area contributed by atoms with Gasteiger partial charge < -0.3 is 4.98 Å². The molecule has 0 bridgehead atoms. The first-order valence-corrected chi connectivity index (χ1v) is 13.6. The number of H-pyrrole nitrogens is 1. The van der Waals surface area contributed by atoms with Gasteiger partial charge in [0.25, 0.3) is 0 Å². The highest BCUT2D eigenvalue weighted by Crippen LogP contribution is 2.35. The van der Waals surface area contributed by atoms with Gasteiger partial charge >= 0.3 is 0 Å². The fourth-order valence-corrected chi connectivity index (χ4v) is 5.79. The monoisotopic (exact) mass is 600 g/mol. The van der Waals surface area contributed by atoms with Crippen LogP contribution in [0.1, 0.15) is 59.6 Å². The molecule has 4 nitrogen and oxygen atoms in total. The molecule has 1 aliphatic rings. The van der Waals surface area contributed by atoms with E-state index in [-0.39, 0.29) is 43.3 Å². The second-order valence-electron chi connectivity index (χ2n) is 10.9. The van der Waals surface area contributed by atoms with E-state index in [1.54, 1.807) is 0 Å². The van der Waals surface area contributed by atoms with Crippen LogP contribution in [0.5, 0.6) is 0 Å². The van der Waals surface area contributed by atoms with Crippen molar-refractivity contribution in [3.8, 4) is 11.4 Å². The number of rotatable bonds is 7. The summed E-state index contributed by atoms with van der Waals surface area (Å²) in [6, 6.07) is 29.2. The molecule has 0 spiro atoms. The SMILES string of the molecule is Cc1ccc(C(c2ccc(C)cc2)N2CCN(C(c3nc(-c4ccccc4)[nH]c3C)C(C)C)CC2)cc1.Cl.Cl.Cl. The predicted octanol–water partition coefficient (Wildman–Crippen LogP) is 8.37. The van der Waals surface area contributed by atoms with E-state index in [4.69, 9.17) is 4.98 Å². The lowest BCUT2D eigenvalue weighted by Gasteiger charge is -2.43. The van der Waals surface area contributed by atoms with E-state index in [1.165, 1.54) is 33.6 Å². The van der Waals surface area contributed by atoms with Crippen LogP contribution < -0.4 is 0 Å². The third-order valence-corrected chi connectivity index (χ3v) is 7.77. The molecule has 1 saturated heterocycles. The summed E-state index contributed by atoms with van der Waals surface area (Å²) in [5, 5.41) is 0. The Morgan fingerprint density at radius 2 is 1.12 bits per heavy atom. The highest BCUT2D eigenvalue weighted by Gasteiger charge is 2.33. The molecule has 1 fully saturated rings. The molecule has 0 aliphatic carbocycles. The van der Waals surface area contributed by atoms with Crippen LogP contribution in [0.4, 0.5) is 0 Å². The molecule has 0 saturated carbocycles. The number of aromatic amines is 1. The van der Waals surface area contributed by atoms with Crippen molar-refractivity contribution in [2.24, 2.45) is 5.92 Å². The van der Waals surface area contributed by atoms with E-state index in [9.17, 15) is 0 Å². The zero-order chi connectivity index (χ0) is 25.9. The topological polar surface area (TPSA) is 35.2 Å². The molecule has 1 aromatic heterocycles. The van der Waals surface area contributed by atoms with Crippen LogP contribution in [0.15, 0.2) is 78.9 Å². The fraction of sp³-hybridized carbons (Fsp3) is 0.364. The Bertz CT molecular complexity index is 1250. The molecule has 7 heteroatoms. The van der Waals surface area contributed by atoms with Gasteiger partial charge in [-0.15, -0.1) is 37.2 Å². The van der Waals surface area contributed by atoms with Crippen molar-refractivity contribution >= 4 is 37.2 Å². The van der Waals surface area contributed by atoms with E-state index in [0.717, 1.165) is 37.6 Å². The van der Waals surface area contributed by atoms with Crippen molar-refractivity contribution in [2.75, 3.05) is 26.2 Å². The number of halogens is 3. The molecule has 216 valence electrons. The van der Waals surface area contributed by atoms with Gasteiger partial charge in [0.15, 0.2) is 0 Å². The highest BCUT2D eigenvalue weighted by molar-refractivity contribution is 5.86. The number of benzene rings is 3. The standard InChI is InChI=1S/C33H40N4.3ClH/c1-23(2)31(30-26(5)34-33(35-30)29-9-7-6-8-10-29)36-19-21-37(22-20-36)32(27-15-11-24(3)12-16-27)28-17-13-25(4)14-18-28;;;/h6-18,23,31-32H,19-22H2,1-5H3,(H,34,35);3*1H. The van der Waals surface area contributed by atoms with Gasteiger partial charge in [-0.25, -0.2) is 4.98 Å². The minimum atomic E-state index is 0. The minimum Gasteiger partial charge on any atom is -0.342 e. The third-order valence-electron chi connectivity index (χ3n) is 7.77. The Morgan fingerprint density at radius 3 is 1.60 bits per heavy atom. The van der Waals surface area contributed by atoms with Gasteiger partial charge in [-0.3, -0.25) is 9.80 Å². The molecule has 1 N–H and O–H groups in total. The maximum atomic E-state index is 5.13. The molecule has 1 unspecified atom stereocenters. The first-order valence-electron chi connectivity index (χ1n) is 13.6. The van der Waals surface area contributed by atoms with Crippen LogP contribution in [0.3, 0.4) is 0 Å². The smallest absolute Gasteiger partial charge is 0.137 e. The molecular formula is C33H43Cl3N4. The molecular weight excluding hydrogens is 559 g/mol. The molecule has 0 amide bonds. The van der Waals surface area contributed by atoms with Gasteiger partial charge in [0.1, 0.15) is 5.82 Å². The first-order chi connectivity index (χ1) is 17.9. The summed E-state index contributed by atoms with van der Waals surface area (Å²) >= 11 is 0. The summed E-state index contributed by atoms with van der Waals surface area (Å²) < 4.78 is 0. The van der Waals surface area contributed by atoms with Gasteiger partial charge in [0, 0.05) is 37.4 Å². The third kappa shape index (κ3) is 7.48. The van der Waals surface area contributed by atoms with Crippen LogP contribution in [-0.4, -0.2) is 45.9 Å². The lowest BCUT2D eigenvalue weighted by Crippen LogP contribution is -2.50. The zero-order valence-electron chi connectivity index (χ0n) is 24.1. The summed E-state index contributed by atoms with van der Waals surface area (Å²) in [4.78, 5) is 14.0. The van der Waals surface area contributed by atoms with Crippen LogP contribution in [0.2, 0.25) is 0 Å². The van der Waals surface area contributed by atoms with Crippen LogP contribution >= 0.6 is 37.2 Å². The van der Waals surface area contributed by atoms with Gasteiger partial charge in [0.2, 0.25) is 0 Å². The van der Waals surface area contributed by atoms with Crippen molar-refractivity contribution in [3.05, 3.63) is 113 Å². The van der Waals surface area contributed by atoms with Crippen molar-refractivity contribution in [1.29, 1.82) is 0 Å². The molecule has 40 heavy (non-hydrogen) atoms. The average molecular weight is 602 g/mol. The molecule has 0 radical (unpaired) electrons. The Morgan fingerprint density at radius 1 is 0.650 bits per heavy atom. The predicted molar refractivity (Wildman–Crippen MR) is 175 cm³/mol. The van der Waals surface area contributed by atoms with Crippen molar-refractivity contribution < 1.29 is 0 Å². The number of nitrogens with zero attached hydrogens (tertiary/aromatic N) is 3. The summed E-state index contributed by atoms with van der Waals surface area (Å²) in [6.45, 7) is 15.3. The Hall–Kier alpha value is -2.34.